The monoisotopic (exact) mass is 862 g/mol. The van der Waals surface area contributed by atoms with E-state index in [4.69, 9.17) is 9.05 Å². The van der Waals surface area contributed by atoms with Crippen LogP contribution in [0.3, 0.4) is 0 Å². The number of nitrogens with one attached hydrogen (secondary N) is 1. The number of nitrogens with zero attached hydrogens (tertiary/aromatic N) is 1. The summed E-state index contributed by atoms with van der Waals surface area (Å²) in [6.07, 6.45) is 56.9. The van der Waals surface area contributed by atoms with Gasteiger partial charge in [-0.3, -0.25) is 13.8 Å². The maximum atomic E-state index is 12.9. The number of rotatable bonds is 43. The topological polar surface area (TPSA) is 105 Å². The maximum absolute atomic E-state index is 12.9. The van der Waals surface area contributed by atoms with E-state index < -0.39 is 20.0 Å². The van der Waals surface area contributed by atoms with Crippen molar-refractivity contribution in [2.45, 2.75) is 206 Å². The number of carbonyl (C=O) groups is 1. The van der Waals surface area contributed by atoms with Crippen LogP contribution in [0.1, 0.15) is 194 Å². The number of quaternary nitrogens is 1. The van der Waals surface area contributed by atoms with Crippen molar-refractivity contribution < 1.29 is 32.9 Å². The molecular formula is C51H94N2O6P+. The summed E-state index contributed by atoms with van der Waals surface area (Å²) in [5.74, 6) is -0.187. The molecule has 0 aliphatic rings. The average Bonchev–Trinajstić information content (AvgIpc) is 3.20. The molecule has 3 N–H and O–H groups in total. The van der Waals surface area contributed by atoms with Gasteiger partial charge >= 0.3 is 7.82 Å². The molecule has 60 heavy (non-hydrogen) atoms. The molecule has 0 rings (SSSR count). The van der Waals surface area contributed by atoms with Gasteiger partial charge in [0.25, 0.3) is 0 Å². The van der Waals surface area contributed by atoms with Crippen molar-refractivity contribution in [3.05, 3.63) is 72.9 Å². The van der Waals surface area contributed by atoms with Crippen LogP contribution in [0.2, 0.25) is 0 Å². The summed E-state index contributed by atoms with van der Waals surface area (Å²) in [6.45, 7) is 4.68. The summed E-state index contributed by atoms with van der Waals surface area (Å²) in [7, 11) is 1.56. The number of amides is 1. The highest BCUT2D eigenvalue weighted by molar-refractivity contribution is 7.47. The van der Waals surface area contributed by atoms with Crippen molar-refractivity contribution >= 4 is 13.7 Å². The van der Waals surface area contributed by atoms with E-state index >= 15 is 0 Å². The average molecular weight is 862 g/mol. The number of hydrogen-bond donors (Lipinski definition) is 3. The zero-order chi connectivity index (χ0) is 44.3. The van der Waals surface area contributed by atoms with E-state index in [0.717, 1.165) is 77.0 Å². The van der Waals surface area contributed by atoms with Crippen LogP contribution in [0.4, 0.5) is 0 Å². The first-order chi connectivity index (χ1) is 29.0. The van der Waals surface area contributed by atoms with E-state index in [1.165, 1.54) is 96.3 Å². The third-order valence-electron chi connectivity index (χ3n) is 10.4. The summed E-state index contributed by atoms with van der Waals surface area (Å²) in [6, 6.07) is -0.852. The highest BCUT2D eigenvalue weighted by Gasteiger charge is 2.27. The van der Waals surface area contributed by atoms with Gasteiger partial charge in [-0.15, -0.1) is 0 Å². The van der Waals surface area contributed by atoms with Crippen LogP contribution < -0.4 is 5.32 Å². The van der Waals surface area contributed by atoms with Crippen LogP contribution in [-0.2, 0) is 18.4 Å². The molecule has 9 heteroatoms. The minimum absolute atomic E-state index is 0.0571. The van der Waals surface area contributed by atoms with E-state index in [-0.39, 0.29) is 19.1 Å². The first-order valence-corrected chi connectivity index (χ1v) is 25.8. The lowest BCUT2D eigenvalue weighted by Crippen LogP contribution is -2.45. The first-order valence-electron chi connectivity index (χ1n) is 24.3. The van der Waals surface area contributed by atoms with Gasteiger partial charge in [0.05, 0.1) is 39.9 Å². The number of aliphatic hydroxyl groups excluding tert-OH is 1. The normalized spacial score (nSPS) is 14.8. The number of phosphoric ester groups is 1. The molecule has 0 aromatic rings. The molecule has 0 saturated heterocycles. The van der Waals surface area contributed by atoms with Crippen molar-refractivity contribution in [1.82, 2.24) is 5.32 Å². The Morgan fingerprint density at radius 2 is 1.00 bits per heavy atom. The fourth-order valence-corrected chi connectivity index (χ4v) is 7.33. The minimum atomic E-state index is -4.34. The number of likely N-dealkylation sites (N-methyl/N-ethyl adjacent to an activating group) is 1. The van der Waals surface area contributed by atoms with Crippen molar-refractivity contribution in [2.75, 3.05) is 40.9 Å². The van der Waals surface area contributed by atoms with Crippen molar-refractivity contribution in [1.29, 1.82) is 0 Å². The molecule has 3 unspecified atom stereocenters. The van der Waals surface area contributed by atoms with E-state index in [2.05, 4.69) is 79.9 Å². The standard InChI is InChI=1S/C51H93N2O6P/c1-6-8-10-12-14-16-18-20-21-22-23-24-25-26-27-28-29-30-31-33-35-37-39-41-43-45-51(55)52-49(48-59-60(56,57)58-47-46-53(3,4)5)50(54)44-42-40-38-36-34-32-19-17-15-13-11-9-7-2/h8,10,14,16,20-21,23-24,26-27,42,44,49-50,54H,6-7,9,11-13,15,17-19,22,25,28-41,43,45-48H2,1-5H3,(H-,52,55,56,57)/p+1/b10-8-,16-14-,21-20-,24-23-,27-26-,44-42+. The Balaban J connectivity index is 4.30. The SMILES string of the molecule is CC/C=C\C/C=C\C/C=C\C/C=C\C/C=C\CCCCCCCCCCCC(=O)NC(COP(=O)(O)OCC[N+](C)(C)C)C(O)/C=C/CCCCCCCCCCCCC. The number of hydrogen-bond acceptors (Lipinski definition) is 5. The van der Waals surface area contributed by atoms with Gasteiger partial charge in [0, 0.05) is 6.42 Å². The molecule has 0 saturated carbocycles. The fourth-order valence-electron chi connectivity index (χ4n) is 6.60. The van der Waals surface area contributed by atoms with E-state index in [1.54, 1.807) is 6.08 Å². The molecule has 0 spiro atoms. The molecule has 0 aliphatic heterocycles. The molecule has 348 valence electrons. The zero-order valence-electron chi connectivity index (χ0n) is 39.4. The highest BCUT2D eigenvalue weighted by atomic mass is 31.2. The number of unbranched alkanes of at least 4 members (excludes halogenated alkanes) is 20. The molecular weight excluding hydrogens is 768 g/mol. The van der Waals surface area contributed by atoms with Crippen molar-refractivity contribution in [3.8, 4) is 0 Å². The Hall–Kier alpha value is -2.06. The second-order valence-electron chi connectivity index (χ2n) is 17.5. The Morgan fingerprint density at radius 1 is 0.583 bits per heavy atom. The Bertz CT molecular complexity index is 1200. The number of carbonyl (C=O) groups excluding carboxylic acids is 1. The molecule has 8 nitrogen and oxygen atoms in total. The summed E-state index contributed by atoms with van der Waals surface area (Å²) in [5.41, 5.74) is 0. The predicted octanol–water partition coefficient (Wildman–Crippen LogP) is 14.0. The van der Waals surface area contributed by atoms with Gasteiger partial charge in [0.2, 0.25) is 5.91 Å². The summed E-state index contributed by atoms with van der Waals surface area (Å²) < 4.78 is 23.6. The number of phosphoric acid groups is 1. The van der Waals surface area contributed by atoms with Gasteiger partial charge in [0.1, 0.15) is 13.2 Å². The van der Waals surface area contributed by atoms with E-state index in [1.807, 2.05) is 27.2 Å². The van der Waals surface area contributed by atoms with Crippen molar-refractivity contribution in [3.63, 3.8) is 0 Å². The van der Waals surface area contributed by atoms with E-state index in [0.29, 0.717) is 17.4 Å². The van der Waals surface area contributed by atoms with Crippen LogP contribution in [0.5, 0.6) is 0 Å². The lowest BCUT2D eigenvalue weighted by atomic mass is 10.0. The lowest BCUT2D eigenvalue weighted by Gasteiger charge is -2.25. The second kappa shape index (κ2) is 42.3. The number of allylic oxidation sites excluding steroid dienone is 11. The molecule has 3 atom stereocenters. The van der Waals surface area contributed by atoms with Crippen LogP contribution in [0.15, 0.2) is 72.9 Å². The third kappa shape index (κ3) is 44.0. The molecule has 0 aromatic carbocycles. The molecule has 0 radical (unpaired) electrons. The Labute approximate surface area is 370 Å². The molecule has 0 heterocycles. The van der Waals surface area contributed by atoms with Crippen molar-refractivity contribution in [2.24, 2.45) is 0 Å². The summed E-state index contributed by atoms with van der Waals surface area (Å²) in [4.78, 5) is 23.2. The second-order valence-corrected chi connectivity index (χ2v) is 18.9. The predicted molar refractivity (Wildman–Crippen MR) is 258 cm³/mol. The fraction of sp³-hybridized carbons (Fsp3) is 0.745. The molecule has 0 fully saturated rings. The van der Waals surface area contributed by atoms with Crippen LogP contribution >= 0.6 is 7.82 Å². The van der Waals surface area contributed by atoms with Crippen LogP contribution in [0, 0.1) is 0 Å². The zero-order valence-corrected chi connectivity index (χ0v) is 40.3. The Kier molecular flexibility index (Phi) is 40.8. The molecule has 0 aromatic heterocycles. The van der Waals surface area contributed by atoms with Gasteiger partial charge in [-0.1, -0.05) is 196 Å². The lowest BCUT2D eigenvalue weighted by molar-refractivity contribution is -0.870. The molecule has 0 aliphatic carbocycles. The Morgan fingerprint density at radius 3 is 1.47 bits per heavy atom. The maximum Gasteiger partial charge on any atom is 0.472 e. The minimum Gasteiger partial charge on any atom is -0.387 e. The van der Waals surface area contributed by atoms with Gasteiger partial charge in [-0.25, -0.2) is 4.57 Å². The number of aliphatic hydroxyl groups is 1. The summed E-state index contributed by atoms with van der Waals surface area (Å²) in [5, 5.41) is 13.8. The molecule has 0 bridgehead atoms. The largest absolute Gasteiger partial charge is 0.472 e. The van der Waals surface area contributed by atoms with Gasteiger partial charge in [-0.05, 0) is 64.2 Å². The first kappa shape index (κ1) is 57.9. The van der Waals surface area contributed by atoms with Gasteiger partial charge in [0.15, 0.2) is 0 Å². The summed E-state index contributed by atoms with van der Waals surface area (Å²) >= 11 is 0. The molecule has 1 amide bonds. The quantitative estimate of drug-likeness (QED) is 0.0244. The third-order valence-corrected chi connectivity index (χ3v) is 11.4. The van der Waals surface area contributed by atoms with Crippen LogP contribution in [-0.4, -0.2) is 73.4 Å². The van der Waals surface area contributed by atoms with Gasteiger partial charge in [-0.2, -0.15) is 0 Å². The smallest absolute Gasteiger partial charge is 0.387 e. The van der Waals surface area contributed by atoms with Gasteiger partial charge < -0.3 is 19.8 Å². The van der Waals surface area contributed by atoms with E-state index in [9.17, 15) is 19.4 Å². The van der Waals surface area contributed by atoms with Crippen LogP contribution in [0.25, 0.3) is 0 Å². The highest BCUT2D eigenvalue weighted by Crippen LogP contribution is 2.43.